The van der Waals surface area contributed by atoms with Gasteiger partial charge in [0.2, 0.25) is 0 Å². The zero-order valence-electron chi connectivity index (χ0n) is 40.3. The molecule has 0 amide bonds. The van der Waals surface area contributed by atoms with Crippen LogP contribution in [0.2, 0.25) is 0 Å². The monoisotopic (exact) mass is 905 g/mol. The first kappa shape index (κ1) is 48.7. The Morgan fingerprint density at radius 2 is 1.17 bits per heavy atom. The summed E-state index contributed by atoms with van der Waals surface area (Å²) >= 11 is 0. The molecule has 10 aliphatic carbocycles. The lowest BCUT2D eigenvalue weighted by Crippen LogP contribution is -2.63. The van der Waals surface area contributed by atoms with Crippen LogP contribution in [0.15, 0.2) is 0 Å². The molecule has 10 saturated carbocycles. The van der Waals surface area contributed by atoms with Gasteiger partial charge < -0.3 is 24.1 Å². The molecule has 11 fully saturated rings. The second kappa shape index (κ2) is 17.1. The topological polar surface area (TPSA) is 169 Å². The zero-order chi connectivity index (χ0) is 46.3. The highest BCUT2D eigenvalue weighted by molar-refractivity contribution is 7.87. The summed E-state index contributed by atoms with van der Waals surface area (Å²) in [6.45, 7) is 21.5. The van der Waals surface area contributed by atoms with Gasteiger partial charge in [-0.25, -0.2) is 4.79 Å². The molecule has 12 nitrogen and oxygen atoms in total. The van der Waals surface area contributed by atoms with Crippen LogP contribution in [0.5, 0.6) is 0 Å². The Hall–Kier alpha value is -2.25. The van der Waals surface area contributed by atoms with Gasteiger partial charge in [-0.2, -0.15) is 8.42 Å². The van der Waals surface area contributed by atoms with Crippen molar-refractivity contribution in [2.24, 2.45) is 69.5 Å². The number of aliphatic hydroxyl groups is 1. The van der Waals surface area contributed by atoms with Crippen LogP contribution in [0.4, 0.5) is 0 Å². The van der Waals surface area contributed by atoms with Crippen LogP contribution in [-0.4, -0.2) is 78.3 Å². The standard InChI is InChI=1S/C19H32O2.C16H26O3.C15H22O7S/c1-6-18(4,5)17(20)21-19(12(2)3)15-8-13-7-14(10-15)11-16(19)9-13;1-4-14(2,3)13(17)19-16-8-11-5-12(9-16)7-15(18,6-11)10-16;1-4-15(2,3)14(17)20-7-11(16)21-12-8-5-9-10(6-8)23(18,19)22-13(9)12/h12-16H,6-11H2,1-5H3;11-12,18H,4-10H2,1-3H3;8-10,12-13H,4-7H2,1-3H3. The van der Waals surface area contributed by atoms with Crippen LogP contribution < -0.4 is 0 Å². The van der Waals surface area contributed by atoms with Gasteiger partial charge in [0.1, 0.15) is 23.4 Å². The van der Waals surface area contributed by atoms with Gasteiger partial charge in [-0.15, -0.1) is 0 Å². The molecule has 11 aliphatic rings. The van der Waals surface area contributed by atoms with Crippen LogP contribution in [0.3, 0.4) is 0 Å². The van der Waals surface area contributed by atoms with Gasteiger partial charge in [0.15, 0.2) is 6.61 Å². The Kier molecular flexibility index (Phi) is 13.2. The maximum absolute atomic E-state index is 12.8. The maximum Gasteiger partial charge on any atom is 0.344 e. The molecule has 1 saturated heterocycles. The second-order valence-corrected chi connectivity index (χ2v) is 26.0. The van der Waals surface area contributed by atoms with Crippen molar-refractivity contribution in [3.8, 4) is 0 Å². The lowest BCUT2D eigenvalue weighted by atomic mass is 9.47. The highest BCUT2D eigenvalue weighted by atomic mass is 32.2. The molecule has 7 atom stereocenters. The first-order valence-corrected chi connectivity index (χ1v) is 26.2. The first-order chi connectivity index (χ1) is 29.2. The Balaban J connectivity index is 0.000000142. The van der Waals surface area contributed by atoms with E-state index < -0.39 is 62.6 Å². The van der Waals surface area contributed by atoms with Crippen molar-refractivity contribution in [3.63, 3.8) is 0 Å². The van der Waals surface area contributed by atoms with E-state index in [2.05, 4.69) is 20.8 Å². The third kappa shape index (κ3) is 9.25. The summed E-state index contributed by atoms with van der Waals surface area (Å²) < 4.78 is 51.5. The number of carbonyl (C=O) groups excluding carboxylic acids is 4. The molecule has 63 heavy (non-hydrogen) atoms. The maximum atomic E-state index is 12.8. The third-order valence-corrected chi connectivity index (χ3v) is 20.0. The molecule has 0 radical (unpaired) electrons. The van der Waals surface area contributed by atoms with E-state index in [0.29, 0.717) is 55.3 Å². The van der Waals surface area contributed by atoms with Crippen LogP contribution >= 0.6 is 0 Å². The van der Waals surface area contributed by atoms with Crippen LogP contribution in [0.25, 0.3) is 0 Å². The SMILES string of the molecule is CCC(C)(C)C(=O)OC1(C(C)C)C2CC3CC(C2)CC1C3.CCC(C)(C)C(=O)OC12CC3CC(CC(O)(C3)C1)C2.CCC(C)(C)C(=O)OCC(=O)OC1C2CC3C1OS(=O)(=O)C3C2. The molecule has 1 N–H and O–H groups in total. The molecule has 1 aliphatic heterocycles. The molecule has 10 bridgehead atoms. The number of fused-ring (bicyclic) bond motifs is 1. The number of ether oxygens (including phenoxy) is 4. The van der Waals surface area contributed by atoms with Gasteiger partial charge in [0.25, 0.3) is 10.1 Å². The fraction of sp³-hybridized carbons (Fsp3) is 0.920. The number of esters is 4. The summed E-state index contributed by atoms with van der Waals surface area (Å²) in [6, 6.07) is 0. The Morgan fingerprint density at radius 3 is 1.67 bits per heavy atom. The molecular formula is C50H80O12S. The minimum Gasteiger partial charge on any atom is -0.459 e. The van der Waals surface area contributed by atoms with E-state index in [1.54, 1.807) is 13.8 Å². The molecule has 7 unspecified atom stereocenters. The van der Waals surface area contributed by atoms with Crippen molar-refractivity contribution in [3.05, 3.63) is 0 Å². The molecule has 0 aromatic carbocycles. The highest BCUT2D eigenvalue weighted by Crippen LogP contribution is 2.63. The summed E-state index contributed by atoms with van der Waals surface area (Å²) in [5.41, 5.74) is -2.49. The zero-order valence-corrected chi connectivity index (χ0v) is 41.1. The van der Waals surface area contributed by atoms with E-state index in [1.165, 1.54) is 38.5 Å². The third-order valence-electron chi connectivity index (χ3n) is 18.2. The van der Waals surface area contributed by atoms with Gasteiger partial charge in [0.05, 0.1) is 27.1 Å². The smallest absolute Gasteiger partial charge is 0.344 e. The average molecular weight is 905 g/mol. The molecule has 0 aromatic heterocycles. The van der Waals surface area contributed by atoms with Gasteiger partial charge in [-0.1, -0.05) is 34.6 Å². The lowest BCUT2D eigenvalue weighted by molar-refractivity contribution is -0.231. The number of rotatable bonds is 12. The fourth-order valence-corrected chi connectivity index (χ4v) is 15.9. The summed E-state index contributed by atoms with van der Waals surface area (Å²) in [5, 5.41) is 10.2. The van der Waals surface area contributed by atoms with Crippen molar-refractivity contribution in [2.75, 3.05) is 6.61 Å². The van der Waals surface area contributed by atoms with E-state index in [-0.39, 0.29) is 40.4 Å². The molecule has 0 spiro atoms. The van der Waals surface area contributed by atoms with Crippen molar-refractivity contribution < 1.29 is 55.8 Å². The van der Waals surface area contributed by atoms with Gasteiger partial charge in [-0.3, -0.25) is 18.6 Å². The molecule has 13 heteroatoms. The van der Waals surface area contributed by atoms with Crippen LogP contribution in [-0.2, 0) is 52.4 Å². The van der Waals surface area contributed by atoms with Crippen molar-refractivity contribution in [1.82, 2.24) is 0 Å². The largest absolute Gasteiger partial charge is 0.459 e. The summed E-state index contributed by atoms with van der Waals surface area (Å²) in [6.07, 6.45) is 14.6. The van der Waals surface area contributed by atoms with E-state index in [9.17, 15) is 32.7 Å². The molecular weight excluding hydrogens is 825 g/mol. The predicted octanol–water partition coefficient (Wildman–Crippen LogP) is 8.88. The van der Waals surface area contributed by atoms with Crippen molar-refractivity contribution in [2.45, 2.75) is 213 Å². The second-order valence-electron chi connectivity index (χ2n) is 24.2. The van der Waals surface area contributed by atoms with E-state index in [1.807, 2.05) is 41.5 Å². The number of hydrogen-bond donors (Lipinski definition) is 1. The highest BCUT2D eigenvalue weighted by Gasteiger charge is 2.66. The first-order valence-electron chi connectivity index (χ1n) is 24.7. The Labute approximate surface area is 377 Å². The summed E-state index contributed by atoms with van der Waals surface area (Å²) in [4.78, 5) is 48.9. The van der Waals surface area contributed by atoms with E-state index >= 15 is 0 Å². The summed E-state index contributed by atoms with van der Waals surface area (Å²) in [7, 11) is -3.53. The summed E-state index contributed by atoms with van der Waals surface area (Å²) in [5.74, 6) is 3.38. The van der Waals surface area contributed by atoms with E-state index in [4.69, 9.17) is 23.1 Å². The minimum atomic E-state index is -3.53. The Bertz CT molecular complexity index is 1820. The lowest BCUT2D eigenvalue weighted by Gasteiger charge is -2.62. The molecule has 1 heterocycles. The predicted molar refractivity (Wildman–Crippen MR) is 236 cm³/mol. The van der Waals surface area contributed by atoms with Gasteiger partial charge in [-0.05, 0) is 179 Å². The molecule has 358 valence electrons. The number of carbonyl (C=O) groups is 4. The van der Waals surface area contributed by atoms with Crippen molar-refractivity contribution >= 4 is 34.0 Å². The van der Waals surface area contributed by atoms with Gasteiger partial charge in [0, 0.05) is 18.3 Å². The van der Waals surface area contributed by atoms with Crippen molar-refractivity contribution in [1.29, 1.82) is 0 Å². The quantitative estimate of drug-likeness (QED) is 0.112. The van der Waals surface area contributed by atoms with Crippen LogP contribution in [0.1, 0.15) is 179 Å². The minimum absolute atomic E-state index is 0.0130. The molecule has 11 rings (SSSR count). The average Bonchev–Trinajstić information content (AvgIpc) is 3.82. The van der Waals surface area contributed by atoms with Crippen LogP contribution in [0, 0.1) is 69.5 Å². The number of hydrogen-bond acceptors (Lipinski definition) is 12. The van der Waals surface area contributed by atoms with Gasteiger partial charge >= 0.3 is 23.9 Å². The molecule has 0 aromatic rings. The Morgan fingerprint density at radius 1 is 0.683 bits per heavy atom. The normalized spacial score (nSPS) is 40.7. The van der Waals surface area contributed by atoms with E-state index in [0.717, 1.165) is 50.4 Å². The fourth-order valence-electron chi connectivity index (χ4n) is 14.0.